The van der Waals surface area contributed by atoms with Crippen LogP contribution in [0.4, 0.5) is 13.2 Å². The van der Waals surface area contributed by atoms with Crippen LogP contribution in [0.1, 0.15) is 46.5 Å². The summed E-state index contributed by atoms with van der Waals surface area (Å²) >= 11 is 5.10. The number of hydrogen-bond donors (Lipinski definition) is 2. The van der Waals surface area contributed by atoms with Crippen molar-refractivity contribution in [3.05, 3.63) is 87.2 Å². The van der Waals surface area contributed by atoms with E-state index in [0.29, 0.717) is 10.4 Å². The summed E-state index contributed by atoms with van der Waals surface area (Å²) in [6.07, 6.45) is -0.291. The minimum atomic E-state index is -4.36. The zero-order valence-electron chi connectivity index (χ0n) is 23.6. The highest BCUT2D eigenvalue weighted by molar-refractivity contribution is 9.10. The van der Waals surface area contributed by atoms with Gasteiger partial charge in [-0.3, -0.25) is 9.69 Å². The van der Waals surface area contributed by atoms with Gasteiger partial charge in [-0.1, -0.05) is 30.3 Å². The van der Waals surface area contributed by atoms with E-state index in [1.165, 1.54) is 29.0 Å². The van der Waals surface area contributed by atoms with Gasteiger partial charge in [0.25, 0.3) is 5.91 Å². The van der Waals surface area contributed by atoms with Gasteiger partial charge in [0, 0.05) is 30.4 Å². The topological polar surface area (TPSA) is 53.6 Å². The molecule has 0 saturated carbocycles. The molecule has 226 valence electrons. The summed E-state index contributed by atoms with van der Waals surface area (Å²) in [5.74, 6) is 0.818. The van der Waals surface area contributed by atoms with E-state index in [1.807, 2.05) is 24.3 Å². The Morgan fingerprint density at radius 3 is 2.37 bits per heavy atom. The van der Waals surface area contributed by atoms with Gasteiger partial charge >= 0.3 is 6.18 Å². The summed E-state index contributed by atoms with van der Waals surface area (Å²) < 4.78 is 46.9. The van der Waals surface area contributed by atoms with Gasteiger partial charge in [0.15, 0.2) is 0 Å². The molecule has 5 nitrogen and oxygen atoms in total. The van der Waals surface area contributed by atoms with E-state index in [-0.39, 0.29) is 18.1 Å². The number of carbonyl (C=O) groups excluding carboxylic acids is 1. The Balaban J connectivity index is 1.01. The first-order chi connectivity index (χ1) is 20.7. The van der Waals surface area contributed by atoms with Crippen LogP contribution in [0.5, 0.6) is 5.75 Å². The van der Waals surface area contributed by atoms with E-state index in [1.54, 1.807) is 0 Å². The van der Waals surface area contributed by atoms with Crippen molar-refractivity contribution >= 4 is 43.3 Å². The maximum absolute atomic E-state index is 13.1. The number of fused-ring (bicyclic) bond motifs is 1. The first kappa shape index (κ1) is 30.1. The molecule has 0 radical (unpaired) electrons. The van der Waals surface area contributed by atoms with Gasteiger partial charge < -0.3 is 15.4 Å². The van der Waals surface area contributed by atoms with E-state index in [9.17, 15) is 18.0 Å². The molecule has 3 aromatic carbocycles. The molecule has 2 aliphatic heterocycles. The summed E-state index contributed by atoms with van der Waals surface area (Å²) in [5.41, 5.74) is 2.08. The van der Waals surface area contributed by atoms with Crippen LogP contribution in [0.3, 0.4) is 0 Å². The third-order valence-corrected chi connectivity index (χ3v) is 9.91. The van der Waals surface area contributed by atoms with Gasteiger partial charge in [-0.25, -0.2) is 0 Å². The second-order valence-corrected chi connectivity index (χ2v) is 13.2. The summed E-state index contributed by atoms with van der Waals surface area (Å²) in [6, 6.07) is 19.2. The van der Waals surface area contributed by atoms with Gasteiger partial charge in [0.1, 0.15) is 11.9 Å². The third-order valence-electron chi connectivity index (χ3n) is 8.19. The molecule has 0 aliphatic carbocycles. The quantitative estimate of drug-likeness (QED) is 0.210. The number of piperidine rings is 2. The number of nitrogens with one attached hydrogen (secondary N) is 2. The highest BCUT2D eigenvalue weighted by atomic mass is 79.9. The van der Waals surface area contributed by atoms with Crippen molar-refractivity contribution in [2.24, 2.45) is 0 Å². The number of likely N-dealkylation sites (tertiary alicyclic amines) is 1. The number of carbonyl (C=O) groups is 1. The molecule has 2 aliphatic rings. The van der Waals surface area contributed by atoms with Crippen LogP contribution in [-0.4, -0.2) is 49.1 Å². The average Bonchev–Trinajstić information content (AvgIpc) is 3.44. The van der Waals surface area contributed by atoms with E-state index >= 15 is 0 Å². The minimum Gasteiger partial charge on any atom is -0.489 e. The Labute approximate surface area is 261 Å². The predicted molar refractivity (Wildman–Crippen MR) is 169 cm³/mol. The Morgan fingerprint density at radius 1 is 0.953 bits per heavy atom. The standard InChI is InChI=1S/C33H33BrF3N3O2S/c34-28-17-21(1-8-29(28)42-27-9-13-38-14-10-27)20-40-15-11-26(12-16-40)39-32(41)31-19-24-3-2-23(18-30(24)43-31)22-4-6-25(7-5-22)33(35,36)37/h1-8,17-19,26-27,38H,9-16,20H2,(H,39,41). The summed E-state index contributed by atoms with van der Waals surface area (Å²) in [5, 5.41) is 7.52. The maximum Gasteiger partial charge on any atom is 0.416 e. The Kier molecular flexibility index (Phi) is 9.09. The number of halogens is 4. The number of amides is 1. The molecule has 6 rings (SSSR count). The largest absolute Gasteiger partial charge is 0.489 e. The minimum absolute atomic E-state index is 0.0796. The Hall–Kier alpha value is -2.92. The van der Waals surface area contributed by atoms with E-state index < -0.39 is 11.7 Å². The fraction of sp³-hybridized carbons (Fsp3) is 0.364. The number of rotatable bonds is 7. The van der Waals surface area contributed by atoms with Crippen molar-refractivity contribution in [3.8, 4) is 16.9 Å². The van der Waals surface area contributed by atoms with Crippen LogP contribution in [0.25, 0.3) is 21.2 Å². The molecule has 0 unspecified atom stereocenters. The molecule has 0 spiro atoms. The number of benzene rings is 3. The zero-order chi connectivity index (χ0) is 30.0. The second kappa shape index (κ2) is 13.0. The first-order valence-electron chi connectivity index (χ1n) is 14.6. The highest BCUT2D eigenvalue weighted by Crippen LogP contribution is 2.34. The number of nitrogens with zero attached hydrogens (tertiary/aromatic N) is 1. The SMILES string of the molecule is O=C(NC1CCN(Cc2ccc(OC3CCNCC3)c(Br)c2)CC1)c1cc2ccc(-c3ccc(C(F)(F)F)cc3)cc2s1. The normalized spacial score (nSPS) is 17.3. The van der Waals surface area contributed by atoms with Crippen molar-refractivity contribution in [2.75, 3.05) is 26.2 Å². The van der Waals surface area contributed by atoms with Crippen LogP contribution < -0.4 is 15.4 Å². The van der Waals surface area contributed by atoms with Crippen molar-refractivity contribution in [1.82, 2.24) is 15.5 Å². The van der Waals surface area contributed by atoms with Crippen LogP contribution >= 0.6 is 27.3 Å². The van der Waals surface area contributed by atoms with Gasteiger partial charge in [0.05, 0.1) is 14.9 Å². The second-order valence-electron chi connectivity index (χ2n) is 11.3. The van der Waals surface area contributed by atoms with Crippen molar-refractivity contribution in [3.63, 3.8) is 0 Å². The van der Waals surface area contributed by atoms with E-state index in [2.05, 4.69) is 49.7 Å². The predicted octanol–water partition coefficient (Wildman–Crippen LogP) is 7.87. The molecular formula is C33H33BrF3N3O2S. The molecule has 1 amide bonds. The molecule has 43 heavy (non-hydrogen) atoms. The van der Waals surface area contributed by atoms with Gasteiger partial charge in [0.2, 0.25) is 0 Å². The highest BCUT2D eigenvalue weighted by Gasteiger charge is 2.30. The van der Waals surface area contributed by atoms with Gasteiger partial charge in [-0.05, 0) is 113 Å². The van der Waals surface area contributed by atoms with Crippen LogP contribution in [0.2, 0.25) is 0 Å². The van der Waals surface area contributed by atoms with Crippen LogP contribution in [0.15, 0.2) is 71.2 Å². The fourth-order valence-corrected chi connectivity index (χ4v) is 7.28. The molecule has 0 atom stereocenters. The number of thiophene rings is 1. The molecule has 1 aromatic heterocycles. The van der Waals surface area contributed by atoms with Crippen molar-refractivity contribution in [2.45, 2.75) is 50.6 Å². The molecular weight excluding hydrogens is 639 g/mol. The smallest absolute Gasteiger partial charge is 0.416 e. The third kappa shape index (κ3) is 7.42. The lowest BCUT2D eigenvalue weighted by Crippen LogP contribution is -2.44. The number of alkyl halides is 3. The number of hydrogen-bond acceptors (Lipinski definition) is 5. The molecule has 2 N–H and O–H groups in total. The lowest BCUT2D eigenvalue weighted by atomic mass is 10.0. The van der Waals surface area contributed by atoms with Crippen LogP contribution in [0, 0.1) is 0 Å². The van der Waals surface area contributed by atoms with Crippen LogP contribution in [-0.2, 0) is 12.7 Å². The monoisotopic (exact) mass is 671 g/mol. The van der Waals surface area contributed by atoms with Gasteiger partial charge in [-0.2, -0.15) is 13.2 Å². The summed E-state index contributed by atoms with van der Waals surface area (Å²) in [7, 11) is 0. The molecule has 0 bridgehead atoms. The van der Waals surface area contributed by atoms with Gasteiger partial charge in [-0.15, -0.1) is 11.3 Å². The molecule has 10 heteroatoms. The zero-order valence-corrected chi connectivity index (χ0v) is 26.0. The molecule has 4 aromatic rings. The molecule has 2 fully saturated rings. The Bertz CT molecular complexity index is 1580. The summed E-state index contributed by atoms with van der Waals surface area (Å²) in [4.78, 5) is 16.2. The average molecular weight is 673 g/mol. The molecule has 2 saturated heterocycles. The van der Waals surface area contributed by atoms with Crippen molar-refractivity contribution in [1.29, 1.82) is 0 Å². The fourth-order valence-electron chi connectivity index (χ4n) is 5.76. The van der Waals surface area contributed by atoms with E-state index in [4.69, 9.17) is 4.74 Å². The first-order valence-corrected chi connectivity index (χ1v) is 16.2. The lowest BCUT2D eigenvalue weighted by molar-refractivity contribution is -0.137. The van der Waals surface area contributed by atoms with E-state index in [0.717, 1.165) is 96.4 Å². The lowest BCUT2D eigenvalue weighted by Gasteiger charge is -2.32. The Morgan fingerprint density at radius 2 is 1.67 bits per heavy atom. The van der Waals surface area contributed by atoms with Crippen molar-refractivity contribution < 1.29 is 22.7 Å². The molecule has 3 heterocycles. The maximum atomic E-state index is 13.1. The number of ether oxygens (including phenoxy) is 1. The summed E-state index contributed by atoms with van der Waals surface area (Å²) in [6.45, 7) is 4.65.